The SMILES string of the molecule is Cc1cc(F)cc(C)c1S(=O)(=O)N(CCCl)C1CC1. The summed E-state index contributed by atoms with van der Waals surface area (Å²) >= 11 is 5.70. The summed E-state index contributed by atoms with van der Waals surface area (Å²) in [5, 5.41) is 0. The Labute approximate surface area is 118 Å². The summed E-state index contributed by atoms with van der Waals surface area (Å²) in [6, 6.07) is 2.56. The highest BCUT2D eigenvalue weighted by Crippen LogP contribution is 2.34. The fourth-order valence-electron chi connectivity index (χ4n) is 2.37. The highest BCUT2D eigenvalue weighted by molar-refractivity contribution is 7.89. The number of benzene rings is 1. The van der Waals surface area contributed by atoms with Gasteiger partial charge in [0.2, 0.25) is 10.0 Å². The van der Waals surface area contributed by atoms with Gasteiger partial charge in [-0.05, 0) is 49.9 Å². The first-order valence-corrected chi connectivity index (χ1v) is 8.20. The lowest BCUT2D eigenvalue weighted by atomic mass is 10.1. The van der Waals surface area contributed by atoms with Crippen LogP contribution in [0.15, 0.2) is 17.0 Å². The molecule has 0 spiro atoms. The van der Waals surface area contributed by atoms with Crippen molar-refractivity contribution < 1.29 is 12.8 Å². The molecule has 0 bridgehead atoms. The van der Waals surface area contributed by atoms with Crippen molar-refractivity contribution in [2.24, 2.45) is 0 Å². The monoisotopic (exact) mass is 305 g/mol. The first-order chi connectivity index (χ1) is 8.87. The molecular formula is C13H17ClFNO2S. The Morgan fingerprint density at radius 1 is 1.32 bits per heavy atom. The van der Waals surface area contributed by atoms with E-state index < -0.39 is 15.8 Å². The molecule has 106 valence electrons. The van der Waals surface area contributed by atoms with Gasteiger partial charge in [0.05, 0.1) is 4.90 Å². The minimum absolute atomic E-state index is 0.0487. The number of alkyl halides is 1. The minimum Gasteiger partial charge on any atom is -0.207 e. The molecule has 0 saturated heterocycles. The second-order valence-electron chi connectivity index (χ2n) is 4.90. The van der Waals surface area contributed by atoms with Crippen LogP contribution in [0.1, 0.15) is 24.0 Å². The summed E-state index contributed by atoms with van der Waals surface area (Å²) in [4.78, 5) is 0.214. The highest BCUT2D eigenvalue weighted by Gasteiger charge is 2.38. The number of nitrogens with zero attached hydrogens (tertiary/aromatic N) is 1. The third kappa shape index (κ3) is 2.93. The van der Waals surface area contributed by atoms with Gasteiger partial charge in [0, 0.05) is 18.5 Å². The summed E-state index contributed by atoms with van der Waals surface area (Å²) in [7, 11) is -3.60. The zero-order valence-corrected chi connectivity index (χ0v) is 12.6. The van der Waals surface area contributed by atoms with E-state index in [9.17, 15) is 12.8 Å². The number of halogens is 2. The summed E-state index contributed by atoms with van der Waals surface area (Å²) < 4.78 is 40.1. The van der Waals surface area contributed by atoms with Crippen molar-refractivity contribution in [1.29, 1.82) is 0 Å². The van der Waals surface area contributed by atoms with Gasteiger partial charge in [0.15, 0.2) is 0 Å². The van der Waals surface area contributed by atoms with Crippen molar-refractivity contribution in [1.82, 2.24) is 4.31 Å². The maximum absolute atomic E-state index is 13.3. The van der Waals surface area contributed by atoms with Crippen molar-refractivity contribution in [3.8, 4) is 0 Å². The summed E-state index contributed by atoms with van der Waals surface area (Å²) in [5.41, 5.74) is 0.885. The standard InChI is InChI=1S/C13H17ClFNO2S/c1-9-7-11(15)8-10(2)13(9)19(17,18)16(6-5-14)12-3-4-12/h7-8,12H,3-6H2,1-2H3. The van der Waals surface area contributed by atoms with Crippen molar-refractivity contribution in [3.63, 3.8) is 0 Å². The molecule has 0 aliphatic heterocycles. The molecule has 1 saturated carbocycles. The largest absolute Gasteiger partial charge is 0.243 e. The van der Waals surface area contributed by atoms with Crippen LogP contribution in [-0.4, -0.2) is 31.2 Å². The molecule has 1 aromatic rings. The van der Waals surface area contributed by atoms with Crippen LogP contribution in [0.4, 0.5) is 4.39 Å². The molecule has 0 atom stereocenters. The number of hydrogen-bond acceptors (Lipinski definition) is 2. The van der Waals surface area contributed by atoms with Gasteiger partial charge in [0.1, 0.15) is 5.82 Å². The van der Waals surface area contributed by atoms with Gasteiger partial charge in [-0.1, -0.05) is 0 Å². The van der Waals surface area contributed by atoms with Crippen LogP contribution in [0.2, 0.25) is 0 Å². The van der Waals surface area contributed by atoms with Gasteiger partial charge in [-0.15, -0.1) is 11.6 Å². The van der Waals surface area contributed by atoms with Gasteiger partial charge in [-0.25, -0.2) is 12.8 Å². The first-order valence-electron chi connectivity index (χ1n) is 6.22. The topological polar surface area (TPSA) is 37.4 Å². The first kappa shape index (κ1) is 14.8. The van der Waals surface area contributed by atoms with E-state index in [1.165, 1.54) is 16.4 Å². The Kier molecular flexibility index (Phi) is 4.18. The molecular weight excluding hydrogens is 289 g/mol. The Morgan fingerprint density at radius 3 is 2.26 bits per heavy atom. The van der Waals surface area contributed by atoms with E-state index in [1.54, 1.807) is 13.8 Å². The Hall–Kier alpha value is -0.650. The van der Waals surface area contributed by atoms with Crippen LogP contribution < -0.4 is 0 Å². The minimum atomic E-state index is -3.60. The molecule has 1 fully saturated rings. The average Bonchev–Trinajstić information content (AvgIpc) is 3.07. The highest BCUT2D eigenvalue weighted by atomic mass is 35.5. The van der Waals surface area contributed by atoms with E-state index in [1.807, 2.05) is 0 Å². The zero-order valence-electron chi connectivity index (χ0n) is 11.0. The summed E-state index contributed by atoms with van der Waals surface area (Å²) in [5.74, 6) is -0.154. The molecule has 0 unspecified atom stereocenters. The van der Waals surface area contributed by atoms with Crippen molar-refractivity contribution >= 4 is 21.6 Å². The Balaban J connectivity index is 2.49. The molecule has 0 radical (unpaired) electrons. The van der Waals surface area contributed by atoms with Crippen LogP contribution in [0.3, 0.4) is 0 Å². The van der Waals surface area contributed by atoms with Crippen molar-refractivity contribution in [2.45, 2.75) is 37.6 Å². The maximum Gasteiger partial charge on any atom is 0.243 e. The third-order valence-corrected chi connectivity index (χ3v) is 5.68. The van der Waals surface area contributed by atoms with E-state index in [0.29, 0.717) is 17.7 Å². The molecule has 0 amide bonds. The fraction of sp³-hybridized carbons (Fsp3) is 0.538. The summed E-state index contributed by atoms with van der Waals surface area (Å²) in [6.45, 7) is 3.54. The Bertz CT molecular complexity index is 561. The molecule has 0 N–H and O–H groups in total. The zero-order chi connectivity index (χ0) is 14.2. The number of aryl methyl sites for hydroxylation is 2. The average molecular weight is 306 g/mol. The van der Waals surface area contributed by atoms with Crippen molar-refractivity contribution in [2.75, 3.05) is 12.4 Å². The van der Waals surface area contributed by atoms with E-state index in [-0.39, 0.29) is 16.8 Å². The fourth-order valence-corrected chi connectivity index (χ4v) is 4.75. The van der Waals surface area contributed by atoms with Gasteiger partial charge in [-0.3, -0.25) is 0 Å². The lowest BCUT2D eigenvalue weighted by Crippen LogP contribution is -2.35. The van der Waals surface area contributed by atoms with E-state index in [2.05, 4.69) is 0 Å². The molecule has 3 nitrogen and oxygen atoms in total. The van der Waals surface area contributed by atoms with Gasteiger partial charge in [-0.2, -0.15) is 4.31 Å². The smallest absolute Gasteiger partial charge is 0.207 e. The quantitative estimate of drug-likeness (QED) is 0.785. The number of rotatable bonds is 5. The molecule has 1 aliphatic carbocycles. The normalized spacial score (nSPS) is 16.1. The number of hydrogen-bond donors (Lipinski definition) is 0. The molecule has 0 heterocycles. The van der Waals surface area contributed by atoms with Crippen LogP contribution in [0.25, 0.3) is 0 Å². The molecule has 1 aromatic carbocycles. The van der Waals surface area contributed by atoms with Gasteiger partial charge < -0.3 is 0 Å². The van der Waals surface area contributed by atoms with Crippen LogP contribution in [0.5, 0.6) is 0 Å². The lowest BCUT2D eigenvalue weighted by Gasteiger charge is -2.23. The Morgan fingerprint density at radius 2 is 1.84 bits per heavy atom. The molecule has 1 aliphatic rings. The molecule has 19 heavy (non-hydrogen) atoms. The predicted molar refractivity (Wildman–Crippen MR) is 73.5 cm³/mol. The maximum atomic E-state index is 13.3. The van der Waals surface area contributed by atoms with Gasteiger partial charge >= 0.3 is 0 Å². The van der Waals surface area contributed by atoms with Crippen LogP contribution >= 0.6 is 11.6 Å². The lowest BCUT2D eigenvalue weighted by molar-refractivity contribution is 0.422. The summed E-state index contributed by atoms with van der Waals surface area (Å²) in [6.07, 6.45) is 1.74. The molecule has 6 heteroatoms. The van der Waals surface area contributed by atoms with Crippen LogP contribution in [0, 0.1) is 19.7 Å². The number of sulfonamides is 1. The molecule has 2 rings (SSSR count). The van der Waals surface area contributed by atoms with E-state index in [0.717, 1.165) is 12.8 Å². The van der Waals surface area contributed by atoms with E-state index in [4.69, 9.17) is 11.6 Å². The van der Waals surface area contributed by atoms with Crippen LogP contribution in [-0.2, 0) is 10.0 Å². The van der Waals surface area contributed by atoms with Crippen molar-refractivity contribution in [3.05, 3.63) is 29.1 Å². The van der Waals surface area contributed by atoms with Gasteiger partial charge in [0.25, 0.3) is 0 Å². The molecule has 0 aromatic heterocycles. The van der Waals surface area contributed by atoms with E-state index >= 15 is 0 Å². The predicted octanol–water partition coefficient (Wildman–Crippen LogP) is 2.83. The third-order valence-electron chi connectivity index (χ3n) is 3.25. The second kappa shape index (κ2) is 5.38. The second-order valence-corrected chi connectivity index (χ2v) is 7.11.